The Morgan fingerprint density at radius 2 is 1.40 bits per heavy atom. The summed E-state index contributed by atoms with van der Waals surface area (Å²) in [7, 11) is 0. The molecule has 0 radical (unpaired) electrons. The zero-order chi connectivity index (χ0) is 20.9. The zero-order valence-electron chi connectivity index (χ0n) is 16.2. The average molecular weight is 404 g/mol. The molecular weight excluding hydrogens is 385 g/mol. The van der Waals surface area contributed by atoms with Crippen LogP contribution in [0.1, 0.15) is 33.7 Å². The van der Waals surface area contributed by atoms with Gasteiger partial charge in [0.15, 0.2) is 0 Å². The van der Waals surface area contributed by atoms with E-state index in [-0.39, 0.29) is 5.92 Å². The molecule has 30 heavy (non-hydrogen) atoms. The van der Waals surface area contributed by atoms with E-state index in [1.807, 2.05) is 48.8 Å². The molecule has 0 fully saturated rings. The highest BCUT2D eigenvalue weighted by molar-refractivity contribution is 5.90. The summed E-state index contributed by atoms with van der Waals surface area (Å²) in [5.74, 6) is -0.210. The summed E-state index contributed by atoms with van der Waals surface area (Å²) in [5.41, 5.74) is 5.40. The van der Waals surface area contributed by atoms with Crippen molar-refractivity contribution < 1.29 is 13.2 Å². The first-order valence-corrected chi connectivity index (χ1v) is 9.73. The maximum atomic E-state index is 13.1. The van der Waals surface area contributed by atoms with E-state index in [1.165, 1.54) is 12.1 Å². The van der Waals surface area contributed by atoms with E-state index in [0.29, 0.717) is 0 Å². The first-order valence-electron chi connectivity index (χ1n) is 9.73. The van der Waals surface area contributed by atoms with Crippen molar-refractivity contribution >= 4 is 21.8 Å². The normalized spacial score (nSPS) is 13.2. The van der Waals surface area contributed by atoms with E-state index in [0.717, 1.165) is 44.1 Å². The first-order chi connectivity index (χ1) is 14.4. The second kappa shape index (κ2) is 6.80. The molecule has 0 saturated carbocycles. The Morgan fingerprint density at radius 3 is 2.17 bits per heavy atom. The molecule has 2 nitrogen and oxygen atoms in total. The monoisotopic (exact) mass is 404 g/mol. The number of aromatic amines is 2. The fraction of sp³-hybridized carbons (Fsp3) is 0.120. The standard InChI is InChI=1S/C25H19F3N2/c1-15-5-4-8-22-23(15)20(14-30-22)24(16-9-11-17(12-10-16)25(26,27)28)19-13-29-21-7-3-2-6-18(19)21/h2-14,24,29-30H,1H3. The van der Waals surface area contributed by atoms with Gasteiger partial charge in [-0.1, -0.05) is 42.5 Å². The number of fused-ring (bicyclic) bond motifs is 2. The Balaban J connectivity index is 1.76. The minimum absolute atomic E-state index is 0.210. The number of nitrogens with one attached hydrogen (secondary N) is 2. The lowest BCUT2D eigenvalue weighted by Gasteiger charge is -2.19. The van der Waals surface area contributed by atoms with Gasteiger partial charge in [-0.15, -0.1) is 0 Å². The van der Waals surface area contributed by atoms with E-state index in [2.05, 4.69) is 23.0 Å². The molecule has 3 aromatic carbocycles. The smallest absolute Gasteiger partial charge is 0.361 e. The van der Waals surface area contributed by atoms with Crippen molar-refractivity contribution in [2.75, 3.05) is 0 Å². The van der Waals surface area contributed by atoms with Gasteiger partial charge >= 0.3 is 6.18 Å². The van der Waals surface area contributed by atoms with Crippen molar-refractivity contribution in [2.24, 2.45) is 0 Å². The average Bonchev–Trinajstić information content (AvgIpc) is 3.34. The molecule has 5 aromatic rings. The first kappa shape index (κ1) is 18.6. The number of halogens is 3. The van der Waals surface area contributed by atoms with E-state index < -0.39 is 11.7 Å². The van der Waals surface area contributed by atoms with Crippen molar-refractivity contribution in [3.8, 4) is 0 Å². The summed E-state index contributed by atoms with van der Waals surface area (Å²) in [4.78, 5) is 6.64. The van der Waals surface area contributed by atoms with Crippen LogP contribution in [-0.4, -0.2) is 9.97 Å². The number of aromatic nitrogens is 2. The van der Waals surface area contributed by atoms with Gasteiger partial charge < -0.3 is 9.97 Å². The van der Waals surface area contributed by atoms with Gasteiger partial charge in [-0.05, 0) is 53.4 Å². The van der Waals surface area contributed by atoms with Crippen LogP contribution in [0.25, 0.3) is 21.8 Å². The highest BCUT2D eigenvalue weighted by atomic mass is 19.4. The van der Waals surface area contributed by atoms with Crippen LogP contribution in [0.2, 0.25) is 0 Å². The van der Waals surface area contributed by atoms with Gasteiger partial charge in [0.25, 0.3) is 0 Å². The van der Waals surface area contributed by atoms with Crippen molar-refractivity contribution in [2.45, 2.75) is 19.0 Å². The van der Waals surface area contributed by atoms with Crippen LogP contribution in [0.3, 0.4) is 0 Å². The summed E-state index contributed by atoms with van der Waals surface area (Å²) in [6, 6.07) is 19.6. The van der Waals surface area contributed by atoms with Crippen LogP contribution in [0.15, 0.2) is 79.1 Å². The third-order valence-electron chi connectivity index (χ3n) is 5.76. The Bertz CT molecular complexity index is 1340. The van der Waals surface area contributed by atoms with Crippen LogP contribution in [0, 0.1) is 6.92 Å². The largest absolute Gasteiger partial charge is 0.416 e. The summed E-state index contributed by atoms with van der Waals surface area (Å²) in [6.45, 7) is 2.05. The molecule has 5 heteroatoms. The fourth-order valence-electron chi connectivity index (χ4n) is 4.35. The number of H-pyrrole nitrogens is 2. The molecule has 0 bridgehead atoms. The molecule has 2 aromatic heterocycles. The molecule has 2 N–H and O–H groups in total. The van der Waals surface area contributed by atoms with Crippen LogP contribution >= 0.6 is 0 Å². The summed E-state index contributed by atoms with van der Waals surface area (Å²) in [5, 5.41) is 2.16. The number of rotatable bonds is 3. The van der Waals surface area contributed by atoms with Crippen molar-refractivity contribution in [3.63, 3.8) is 0 Å². The maximum Gasteiger partial charge on any atom is 0.416 e. The lowest BCUT2D eigenvalue weighted by molar-refractivity contribution is -0.137. The number of aryl methyl sites for hydroxylation is 1. The molecule has 0 amide bonds. The third-order valence-corrected chi connectivity index (χ3v) is 5.76. The van der Waals surface area contributed by atoms with Gasteiger partial charge in [0.05, 0.1) is 5.56 Å². The maximum absolute atomic E-state index is 13.1. The molecule has 1 unspecified atom stereocenters. The van der Waals surface area contributed by atoms with Gasteiger partial charge in [-0.25, -0.2) is 0 Å². The highest BCUT2D eigenvalue weighted by Gasteiger charge is 2.31. The van der Waals surface area contributed by atoms with Crippen LogP contribution in [0.5, 0.6) is 0 Å². The summed E-state index contributed by atoms with van der Waals surface area (Å²) < 4.78 is 39.4. The van der Waals surface area contributed by atoms with E-state index >= 15 is 0 Å². The van der Waals surface area contributed by atoms with Crippen molar-refractivity contribution in [3.05, 3.63) is 107 Å². The minimum Gasteiger partial charge on any atom is -0.361 e. The Morgan fingerprint density at radius 1 is 0.733 bits per heavy atom. The van der Waals surface area contributed by atoms with Gasteiger partial charge in [0.1, 0.15) is 0 Å². The number of hydrogen-bond acceptors (Lipinski definition) is 0. The Labute approximate surface area is 171 Å². The predicted molar refractivity (Wildman–Crippen MR) is 114 cm³/mol. The van der Waals surface area contributed by atoms with Gasteiger partial charge in [0, 0.05) is 40.1 Å². The quantitative estimate of drug-likeness (QED) is 0.320. The topological polar surface area (TPSA) is 31.6 Å². The van der Waals surface area contributed by atoms with Crippen LogP contribution in [-0.2, 0) is 6.18 Å². The second-order valence-electron chi connectivity index (χ2n) is 7.58. The molecule has 0 saturated heterocycles. The zero-order valence-corrected chi connectivity index (χ0v) is 16.2. The minimum atomic E-state index is -4.35. The molecular formula is C25H19F3N2. The molecule has 0 aliphatic heterocycles. The van der Waals surface area contributed by atoms with Gasteiger partial charge in [-0.2, -0.15) is 13.2 Å². The molecule has 1 atom stereocenters. The van der Waals surface area contributed by atoms with Crippen LogP contribution in [0.4, 0.5) is 13.2 Å². The Kier molecular flexibility index (Phi) is 4.21. The van der Waals surface area contributed by atoms with E-state index in [4.69, 9.17) is 0 Å². The molecule has 0 aliphatic rings. The summed E-state index contributed by atoms with van der Waals surface area (Å²) in [6.07, 6.45) is -0.419. The van der Waals surface area contributed by atoms with Crippen LogP contribution < -0.4 is 0 Å². The van der Waals surface area contributed by atoms with Gasteiger partial charge in [-0.3, -0.25) is 0 Å². The highest BCUT2D eigenvalue weighted by Crippen LogP contribution is 2.41. The van der Waals surface area contributed by atoms with Crippen molar-refractivity contribution in [1.29, 1.82) is 0 Å². The molecule has 5 rings (SSSR count). The predicted octanol–water partition coefficient (Wildman–Crippen LogP) is 7.16. The van der Waals surface area contributed by atoms with Crippen molar-refractivity contribution in [1.82, 2.24) is 9.97 Å². The summed E-state index contributed by atoms with van der Waals surface area (Å²) >= 11 is 0. The van der Waals surface area contributed by atoms with E-state index in [9.17, 15) is 13.2 Å². The number of alkyl halides is 3. The lowest BCUT2D eigenvalue weighted by atomic mass is 9.84. The molecule has 0 aliphatic carbocycles. The van der Waals surface area contributed by atoms with E-state index in [1.54, 1.807) is 12.1 Å². The number of benzene rings is 3. The molecule has 150 valence electrons. The molecule has 2 heterocycles. The number of hydrogen-bond donors (Lipinski definition) is 2. The third kappa shape index (κ3) is 2.98. The SMILES string of the molecule is Cc1cccc2[nH]cc(C(c3ccc(C(F)(F)F)cc3)c3c[nH]c4ccccc34)c12. The molecule has 0 spiro atoms. The second-order valence-corrected chi connectivity index (χ2v) is 7.58. The number of para-hydroxylation sites is 1. The Hall–Kier alpha value is -3.47. The fourth-order valence-corrected chi connectivity index (χ4v) is 4.35. The van der Waals surface area contributed by atoms with Gasteiger partial charge in [0.2, 0.25) is 0 Å². The lowest BCUT2D eigenvalue weighted by Crippen LogP contribution is -2.07.